The Morgan fingerprint density at radius 1 is 1.39 bits per heavy atom. The van der Waals surface area contributed by atoms with Crippen molar-refractivity contribution in [3.8, 4) is 0 Å². The van der Waals surface area contributed by atoms with Gasteiger partial charge in [-0.2, -0.15) is 0 Å². The summed E-state index contributed by atoms with van der Waals surface area (Å²) in [5.74, 6) is 0.689. The van der Waals surface area contributed by atoms with E-state index in [1.807, 2.05) is 0 Å². The summed E-state index contributed by atoms with van der Waals surface area (Å²) >= 11 is 5.42. The molecule has 0 radical (unpaired) electrons. The molecule has 4 nitrogen and oxygen atoms in total. The zero-order valence-corrected chi connectivity index (χ0v) is 15.5. The molecule has 0 unspecified atom stereocenters. The predicted molar refractivity (Wildman–Crippen MR) is 101 cm³/mol. The van der Waals surface area contributed by atoms with Crippen molar-refractivity contribution in [3.63, 3.8) is 0 Å². The van der Waals surface area contributed by atoms with Crippen molar-refractivity contribution in [1.82, 2.24) is 10.2 Å². The normalized spacial score (nSPS) is 18.9. The third-order valence-electron chi connectivity index (χ3n) is 3.98. The number of morpholine rings is 1. The number of thiocarbonyl (C=S) groups is 1. The van der Waals surface area contributed by atoms with Gasteiger partial charge in [-0.1, -0.05) is 26.0 Å². The molecule has 1 saturated heterocycles. The average molecular weight is 336 g/mol. The van der Waals surface area contributed by atoms with Gasteiger partial charge < -0.3 is 15.4 Å². The molecule has 5 heteroatoms. The molecule has 1 atom stereocenters. The van der Waals surface area contributed by atoms with Crippen LogP contribution in [0.1, 0.15) is 25.0 Å². The van der Waals surface area contributed by atoms with E-state index in [0.717, 1.165) is 38.5 Å². The molecule has 1 aliphatic heterocycles. The van der Waals surface area contributed by atoms with Gasteiger partial charge >= 0.3 is 0 Å². The van der Waals surface area contributed by atoms with Crippen molar-refractivity contribution >= 4 is 23.0 Å². The lowest BCUT2D eigenvalue weighted by Crippen LogP contribution is -2.48. The first-order valence-corrected chi connectivity index (χ1v) is 8.81. The summed E-state index contributed by atoms with van der Waals surface area (Å²) in [5.41, 5.74) is 3.48. The second-order valence-electron chi connectivity index (χ2n) is 6.80. The highest BCUT2D eigenvalue weighted by atomic mass is 32.1. The zero-order valence-electron chi connectivity index (χ0n) is 14.7. The molecule has 0 bridgehead atoms. The van der Waals surface area contributed by atoms with Gasteiger partial charge in [-0.3, -0.25) is 4.90 Å². The van der Waals surface area contributed by atoms with E-state index < -0.39 is 0 Å². The molecule has 0 aliphatic carbocycles. The molecule has 1 aliphatic rings. The number of hydrogen-bond donors (Lipinski definition) is 2. The summed E-state index contributed by atoms with van der Waals surface area (Å²) in [7, 11) is 0. The van der Waals surface area contributed by atoms with Crippen LogP contribution in [0.4, 0.5) is 5.69 Å². The number of hydrogen-bond acceptors (Lipinski definition) is 3. The van der Waals surface area contributed by atoms with Gasteiger partial charge in [0.2, 0.25) is 0 Å². The molecule has 1 aromatic carbocycles. The summed E-state index contributed by atoms with van der Waals surface area (Å²) in [6, 6.07) is 6.33. The Labute approximate surface area is 145 Å². The minimum absolute atomic E-state index is 0.195. The van der Waals surface area contributed by atoms with E-state index in [-0.39, 0.29) is 6.10 Å². The van der Waals surface area contributed by atoms with Gasteiger partial charge in [-0.05, 0) is 49.2 Å². The van der Waals surface area contributed by atoms with Crippen LogP contribution in [0.15, 0.2) is 18.2 Å². The minimum atomic E-state index is 0.195. The van der Waals surface area contributed by atoms with Crippen LogP contribution in [-0.2, 0) is 4.74 Å². The fourth-order valence-corrected chi connectivity index (χ4v) is 3.02. The first kappa shape index (κ1) is 18.2. The smallest absolute Gasteiger partial charge is 0.170 e. The number of nitrogens with one attached hydrogen (secondary N) is 2. The van der Waals surface area contributed by atoms with Gasteiger partial charge in [0.25, 0.3) is 0 Å². The summed E-state index contributed by atoms with van der Waals surface area (Å²) in [5, 5.41) is 7.23. The monoisotopic (exact) mass is 335 g/mol. The lowest BCUT2D eigenvalue weighted by molar-refractivity contribution is -0.0283. The van der Waals surface area contributed by atoms with Crippen LogP contribution < -0.4 is 10.6 Å². The van der Waals surface area contributed by atoms with Gasteiger partial charge in [0.05, 0.1) is 12.7 Å². The Balaban J connectivity index is 1.78. The highest BCUT2D eigenvalue weighted by molar-refractivity contribution is 7.80. The van der Waals surface area contributed by atoms with Crippen LogP contribution in [0.5, 0.6) is 0 Å². The number of anilines is 1. The van der Waals surface area contributed by atoms with Crippen LogP contribution >= 0.6 is 12.2 Å². The standard InChI is InChI=1S/C18H29N3OS/c1-13(2)11-21-7-8-22-16(12-21)10-19-18(23)20-17-9-14(3)5-6-15(17)4/h5-6,9,13,16H,7-8,10-12H2,1-4H3,(H2,19,20,23)/t16-/m1/s1. The first-order valence-electron chi connectivity index (χ1n) is 8.40. The lowest BCUT2D eigenvalue weighted by atomic mass is 10.1. The highest BCUT2D eigenvalue weighted by Crippen LogP contribution is 2.16. The molecule has 2 rings (SSSR count). The Morgan fingerprint density at radius 3 is 2.91 bits per heavy atom. The van der Waals surface area contributed by atoms with Crippen LogP contribution in [0, 0.1) is 19.8 Å². The van der Waals surface area contributed by atoms with Crippen molar-refractivity contribution in [2.45, 2.75) is 33.8 Å². The minimum Gasteiger partial charge on any atom is -0.374 e. The molecule has 23 heavy (non-hydrogen) atoms. The SMILES string of the molecule is Cc1ccc(C)c(NC(=S)NC[C@@H]2CN(CC(C)C)CCO2)c1. The Hall–Kier alpha value is -1.17. The lowest BCUT2D eigenvalue weighted by Gasteiger charge is -2.34. The molecule has 1 heterocycles. The molecule has 128 valence electrons. The molecule has 1 aromatic rings. The molecular weight excluding hydrogens is 306 g/mol. The fraction of sp³-hybridized carbons (Fsp3) is 0.611. The summed E-state index contributed by atoms with van der Waals surface area (Å²) in [4.78, 5) is 2.47. The van der Waals surface area contributed by atoms with Gasteiger partial charge in [0, 0.05) is 31.9 Å². The van der Waals surface area contributed by atoms with E-state index >= 15 is 0 Å². The third kappa shape index (κ3) is 6.09. The topological polar surface area (TPSA) is 36.5 Å². The largest absolute Gasteiger partial charge is 0.374 e. The third-order valence-corrected chi connectivity index (χ3v) is 4.22. The molecule has 0 spiro atoms. The van der Waals surface area contributed by atoms with Crippen LogP contribution in [0.2, 0.25) is 0 Å². The quantitative estimate of drug-likeness (QED) is 0.809. The van der Waals surface area contributed by atoms with Gasteiger partial charge in [-0.25, -0.2) is 0 Å². The van der Waals surface area contributed by atoms with E-state index in [1.165, 1.54) is 11.1 Å². The van der Waals surface area contributed by atoms with Crippen molar-refractivity contribution in [1.29, 1.82) is 0 Å². The number of ether oxygens (including phenoxy) is 1. The Bertz CT molecular complexity index is 533. The van der Waals surface area contributed by atoms with E-state index in [1.54, 1.807) is 0 Å². The zero-order chi connectivity index (χ0) is 16.8. The van der Waals surface area contributed by atoms with E-state index in [4.69, 9.17) is 17.0 Å². The van der Waals surface area contributed by atoms with Gasteiger partial charge in [-0.15, -0.1) is 0 Å². The molecule has 2 N–H and O–H groups in total. The molecule has 0 amide bonds. The second-order valence-corrected chi connectivity index (χ2v) is 7.21. The van der Waals surface area contributed by atoms with Crippen molar-refractivity contribution in [2.24, 2.45) is 5.92 Å². The van der Waals surface area contributed by atoms with Crippen LogP contribution in [0.25, 0.3) is 0 Å². The Kier molecular flexibility index (Phi) is 6.81. The maximum Gasteiger partial charge on any atom is 0.170 e. The van der Waals surface area contributed by atoms with Crippen LogP contribution in [-0.4, -0.2) is 48.9 Å². The van der Waals surface area contributed by atoms with Crippen LogP contribution in [0.3, 0.4) is 0 Å². The van der Waals surface area contributed by atoms with E-state index in [0.29, 0.717) is 11.0 Å². The molecule has 0 aromatic heterocycles. The number of benzene rings is 1. The average Bonchev–Trinajstić information content (AvgIpc) is 2.49. The second kappa shape index (κ2) is 8.62. The predicted octanol–water partition coefficient (Wildman–Crippen LogP) is 2.95. The van der Waals surface area contributed by atoms with E-state index in [2.05, 4.69) is 61.4 Å². The molecule has 1 fully saturated rings. The molecule has 0 saturated carbocycles. The maximum atomic E-state index is 5.84. The highest BCUT2D eigenvalue weighted by Gasteiger charge is 2.20. The molecular formula is C18H29N3OS. The number of aryl methyl sites for hydroxylation is 2. The maximum absolute atomic E-state index is 5.84. The van der Waals surface area contributed by atoms with Crippen molar-refractivity contribution in [2.75, 3.05) is 38.1 Å². The van der Waals surface area contributed by atoms with Gasteiger partial charge in [0.1, 0.15) is 0 Å². The Morgan fingerprint density at radius 2 is 2.17 bits per heavy atom. The number of nitrogens with zero attached hydrogens (tertiary/aromatic N) is 1. The summed E-state index contributed by atoms with van der Waals surface area (Å²) in [6.07, 6.45) is 0.195. The van der Waals surface area contributed by atoms with Gasteiger partial charge in [0.15, 0.2) is 5.11 Å². The summed E-state index contributed by atoms with van der Waals surface area (Å²) in [6.45, 7) is 13.3. The summed E-state index contributed by atoms with van der Waals surface area (Å²) < 4.78 is 5.84. The van der Waals surface area contributed by atoms with E-state index in [9.17, 15) is 0 Å². The first-order chi connectivity index (χ1) is 10.9. The fourth-order valence-electron chi connectivity index (χ4n) is 2.83. The van der Waals surface area contributed by atoms with Crippen molar-refractivity contribution < 1.29 is 4.74 Å². The number of rotatable bonds is 5. The van der Waals surface area contributed by atoms with Crippen molar-refractivity contribution in [3.05, 3.63) is 29.3 Å².